The largest absolute Gasteiger partial charge is 0.394 e. The van der Waals surface area contributed by atoms with Gasteiger partial charge in [-0.1, -0.05) is 0 Å². The predicted molar refractivity (Wildman–Crippen MR) is 147 cm³/mol. The number of nitrogens with two attached hydrogens (primary N) is 2. The summed E-state index contributed by atoms with van der Waals surface area (Å²) in [6.07, 6.45) is -7.92. The van der Waals surface area contributed by atoms with E-state index in [9.17, 15) is 30.0 Å². The van der Waals surface area contributed by atoms with Gasteiger partial charge in [0.15, 0.2) is 23.5 Å². The first-order valence-electron chi connectivity index (χ1n) is 12.7. The molecule has 9 atom stereocenters. The number of rotatable bonds is 7. The van der Waals surface area contributed by atoms with Crippen molar-refractivity contribution in [1.29, 1.82) is 0 Å². The second-order valence-electron chi connectivity index (χ2n) is 9.65. The van der Waals surface area contributed by atoms with Crippen molar-refractivity contribution in [2.75, 3.05) is 24.4 Å². The van der Waals surface area contributed by atoms with Crippen molar-refractivity contribution < 1.29 is 54.6 Å². The van der Waals surface area contributed by atoms with Gasteiger partial charge in [0.2, 0.25) is 14.7 Å². The summed E-state index contributed by atoms with van der Waals surface area (Å²) in [6, 6.07) is 2.91. The molecule has 13 N–H and O–H groups in total. The van der Waals surface area contributed by atoms with E-state index in [1.54, 1.807) is 0 Å². The number of ether oxygens (including phenoxy) is 2. The first-order valence-corrected chi connectivity index (χ1v) is 14.1. The van der Waals surface area contributed by atoms with E-state index >= 15 is 0 Å². The molecule has 240 valence electrons. The van der Waals surface area contributed by atoms with Gasteiger partial charge in [0, 0.05) is 12.1 Å². The van der Waals surface area contributed by atoms with Crippen molar-refractivity contribution in [2.24, 2.45) is 0 Å². The Hall–Kier alpha value is -3.57. The third-order valence-corrected chi connectivity index (χ3v) is 7.30. The normalized spacial score (nSPS) is 29.2. The zero-order chi connectivity index (χ0) is 31.9. The quantitative estimate of drug-likeness (QED) is 0.0518. The van der Waals surface area contributed by atoms with E-state index in [0.29, 0.717) is 5.52 Å². The highest BCUT2D eigenvalue weighted by Crippen LogP contribution is 2.36. The van der Waals surface area contributed by atoms with Gasteiger partial charge in [-0.15, -0.1) is 0 Å². The number of nitrogens with zero attached hydrogens (tertiary/aromatic N) is 4. The van der Waals surface area contributed by atoms with Crippen LogP contribution in [0.2, 0.25) is 0 Å². The predicted octanol–water partition coefficient (Wildman–Crippen LogP) is -4.00. The number of hydrogen-bond acceptors (Lipinski definition) is 17. The van der Waals surface area contributed by atoms with Crippen LogP contribution in [-0.4, -0.2) is 114 Å². The van der Waals surface area contributed by atoms with E-state index in [2.05, 4.69) is 29.5 Å². The highest BCUT2D eigenvalue weighted by atomic mass is 31.2. The first-order chi connectivity index (χ1) is 20.9. The maximum absolute atomic E-state index is 11.8. The van der Waals surface area contributed by atoms with Crippen molar-refractivity contribution in [1.82, 2.24) is 29.1 Å². The summed E-state index contributed by atoms with van der Waals surface area (Å²) in [7, 11) is -2.24. The smallest absolute Gasteiger partial charge is 0.277 e. The fourth-order valence-corrected chi connectivity index (χ4v) is 4.92. The van der Waals surface area contributed by atoms with Crippen LogP contribution in [0.15, 0.2) is 34.4 Å². The first kappa shape index (κ1) is 31.8. The van der Waals surface area contributed by atoms with Crippen LogP contribution in [0, 0.1) is 0 Å². The summed E-state index contributed by atoms with van der Waals surface area (Å²) in [5.74, 6) is 0.239. The molecule has 2 fully saturated rings. The lowest BCUT2D eigenvalue weighted by atomic mass is 10.1. The lowest BCUT2D eigenvalue weighted by molar-refractivity contribution is -0.332. The topological polar surface area (TPSA) is 332 Å². The molecular formula is C22H29N8O13P. The van der Waals surface area contributed by atoms with Gasteiger partial charge in [0.05, 0.1) is 30.3 Å². The molecule has 21 nitrogen and oxygen atoms in total. The molecule has 0 aliphatic carbocycles. The van der Waals surface area contributed by atoms with Gasteiger partial charge in [0.1, 0.15) is 48.5 Å². The molecule has 6 rings (SSSR count). The lowest BCUT2D eigenvalue weighted by Crippen LogP contribution is -2.33. The van der Waals surface area contributed by atoms with Crippen molar-refractivity contribution in [2.45, 2.75) is 49.3 Å². The third-order valence-electron chi connectivity index (χ3n) is 6.80. The summed E-state index contributed by atoms with van der Waals surface area (Å²) < 4.78 is 17.9. The molecule has 4 aromatic rings. The number of aliphatic hydroxyl groups is 6. The van der Waals surface area contributed by atoms with Crippen molar-refractivity contribution in [3.8, 4) is 0 Å². The summed E-state index contributed by atoms with van der Waals surface area (Å²) in [6.45, 7) is -0.427. The van der Waals surface area contributed by atoms with E-state index < -0.39 is 81.7 Å². The van der Waals surface area contributed by atoms with Gasteiger partial charge in [0.25, 0.3) is 11.1 Å². The second kappa shape index (κ2) is 12.8. The van der Waals surface area contributed by atoms with Crippen LogP contribution in [0.25, 0.3) is 22.1 Å². The average molecular weight is 644 g/mol. The number of H-pyrrole nitrogens is 2. The molecule has 0 radical (unpaired) electrons. The van der Waals surface area contributed by atoms with E-state index in [-0.39, 0.29) is 28.2 Å². The van der Waals surface area contributed by atoms with E-state index in [1.807, 2.05) is 0 Å². The average Bonchev–Trinajstić information content (AvgIpc) is 3.74. The number of nitrogen functional groups attached to an aromatic ring is 2. The maximum atomic E-state index is 11.8. The van der Waals surface area contributed by atoms with Crippen molar-refractivity contribution >= 4 is 42.1 Å². The number of nitrogens with one attached hydrogen (secondary N) is 2. The van der Waals surface area contributed by atoms with Crippen LogP contribution in [0.3, 0.4) is 0 Å². The van der Waals surface area contributed by atoms with Crippen LogP contribution >= 0.6 is 8.38 Å². The van der Waals surface area contributed by atoms with Gasteiger partial charge in [-0.05, 0) is 0 Å². The van der Waals surface area contributed by atoms with Gasteiger partial charge < -0.3 is 75.6 Å². The van der Waals surface area contributed by atoms with E-state index in [4.69, 9.17) is 36.0 Å². The van der Waals surface area contributed by atoms with E-state index in [1.165, 1.54) is 33.9 Å². The molecule has 2 aliphatic rings. The van der Waals surface area contributed by atoms with Crippen molar-refractivity contribution in [3.63, 3.8) is 0 Å². The van der Waals surface area contributed by atoms with Crippen LogP contribution in [0.5, 0.6) is 0 Å². The molecule has 0 aromatic carbocycles. The molecule has 6 heterocycles. The number of pyridine rings is 2. The van der Waals surface area contributed by atoms with Crippen LogP contribution in [0.4, 0.5) is 11.6 Å². The van der Waals surface area contributed by atoms with E-state index in [0.717, 1.165) is 0 Å². The lowest BCUT2D eigenvalue weighted by Gasteiger charge is -2.17. The minimum absolute atomic E-state index is 0.0780. The molecule has 3 unspecified atom stereocenters. The molecular weight excluding hydrogens is 615 g/mol. The van der Waals surface area contributed by atoms with Gasteiger partial charge >= 0.3 is 0 Å². The molecule has 0 amide bonds. The SMILES string of the molecule is Nc1cc2c(ncn2[C@@H]2O[C@H](CO)[C@H](O)C2O)c(=O)[nH]1.Nc1cc2c(ncn2[C@@H]2O[C@H](OOP(O)CO)[C@H](O)C2O)c(=O)[nH]1. The monoisotopic (exact) mass is 644 g/mol. The molecule has 2 aliphatic heterocycles. The van der Waals surface area contributed by atoms with Crippen molar-refractivity contribution in [3.05, 3.63) is 45.5 Å². The molecule has 0 bridgehead atoms. The fourth-order valence-electron chi connectivity index (χ4n) is 4.69. The number of aromatic amines is 2. The van der Waals surface area contributed by atoms with Crippen LogP contribution in [-0.2, 0) is 19.0 Å². The Morgan fingerprint density at radius 3 is 1.82 bits per heavy atom. The number of fused-ring (bicyclic) bond motifs is 2. The summed E-state index contributed by atoms with van der Waals surface area (Å²) in [5.41, 5.74) is 11.1. The minimum Gasteiger partial charge on any atom is -0.394 e. The maximum Gasteiger partial charge on any atom is 0.277 e. The molecule has 44 heavy (non-hydrogen) atoms. The number of anilines is 2. The Labute approximate surface area is 245 Å². The highest BCUT2D eigenvalue weighted by molar-refractivity contribution is 7.45. The summed E-state index contributed by atoms with van der Waals surface area (Å²) in [4.78, 5) is 50.0. The highest BCUT2D eigenvalue weighted by Gasteiger charge is 2.46. The fraction of sp³-hybridized carbons (Fsp3) is 0.455. The molecule has 22 heteroatoms. The molecule has 0 spiro atoms. The standard InChI is InChI=1S/C11H15N4O8P.C11H14N4O5/c12-5-1-4-6(9(19)14-5)13-2-15(4)10-7(17)8(18)11(21-10)22-23-24(20)3-16;12-6-1-4-7(10(19)14-6)13-3-15(4)11-9(18)8(17)5(2-16)20-11/h1-2,7-8,10-11,16-18,20H,3H2,(H3,12,14,19);1,3,5,8-9,11,16-18H,2H2,(H3,12,14,19)/t7?,8-,10-,11-,24?;5-,8+,9?,11-/m11/s1. The Morgan fingerprint density at radius 2 is 1.34 bits per heavy atom. The Kier molecular flexibility index (Phi) is 9.27. The number of imidazole rings is 2. The van der Waals surface area contributed by atoms with Crippen LogP contribution in [0.1, 0.15) is 12.5 Å². The molecule has 4 aromatic heterocycles. The minimum atomic E-state index is -2.24. The Balaban J connectivity index is 0.000000177. The molecule has 0 saturated carbocycles. The third kappa shape index (κ3) is 5.91. The van der Waals surface area contributed by atoms with Gasteiger partial charge in [-0.3, -0.25) is 9.59 Å². The Bertz CT molecular complexity index is 1730. The van der Waals surface area contributed by atoms with Gasteiger partial charge in [-0.2, -0.15) is 9.56 Å². The van der Waals surface area contributed by atoms with Gasteiger partial charge in [-0.25, -0.2) is 9.97 Å². The number of aromatic nitrogens is 6. The summed E-state index contributed by atoms with van der Waals surface area (Å²) >= 11 is 0. The number of aliphatic hydroxyl groups excluding tert-OH is 6. The number of hydrogen-bond donors (Lipinski definition) is 11. The zero-order valence-electron chi connectivity index (χ0n) is 22.3. The summed E-state index contributed by atoms with van der Waals surface area (Å²) in [5, 5.41) is 57.5. The Morgan fingerprint density at radius 1 is 0.841 bits per heavy atom. The second-order valence-corrected chi connectivity index (χ2v) is 10.8. The van der Waals surface area contributed by atoms with Crippen LogP contribution < -0.4 is 22.6 Å². The zero-order valence-corrected chi connectivity index (χ0v) is 23.2. The molecule has 2 saturated heterocycles.